The molecule has 1 aliphatic heterocycles. The van der Waals surface area contributed by atoms with Crippen LogP contribution in [-0.2, 0) is 19.2 Å². The summed E-state index contributed by atoms with van der Waals surface area (Å²) in [5, 5.41) is 1.92. The SMILES string of the molecule is C=C/C(C(=O)CCCC)=C(/C=O)C(=C)C.CC.CC1(F)CCC(=O)NC1=O. The number of allylic oxidation sites excluding steroid dienone is 4. The first kappa shape index (κ1) is 26.9. The summed E-state index contributed by atoms with van der Waals surface area (Å²) in [7, 11) is 0. The molecular weight excluding hydrogens is 349 g/mol. The van der Waals surface area contributed by atoms with Crippen LogP contribution in [0.1, 0.15) is 66.7 Å². The normalized spacial score (nSPS) is 19.2. The number of hydrogen-bond donors (Lipinski definition) is 1. The van der Waals surface area contributed by atoms with Crippen molar-refractivity contribution in [1.29, 1.82) is 0 Å². The van der Waals surface area contributed by atoms with Gasteiger partial charge in [0.2, 0.25) is 5.91 Å². The number of aldehydes is 1. The Morgan fingerprint density at radius 2 is 1.85 bits per heavy atom. The van der Waals surface area contributed by atoms with Crippen LogP contribution in [0, 0.1) is 0 Å². The highest BCUT2D eigenvalue weighted by Gasteiger charge is 2.38. The van der Waals surface area contributed by atoms with E-state index in [4.69, 9.17) is 0 Å². The fraction of sp³-hybridized carbons (Fsp3) is 0.524. The van der Waals surface area contributed by atoms with Gasteiger partial charge in [-0.1, -0.05) is 46.4 Å². The first-order valence-corrected chi connectivity index (χ1v) is 9.14. The van der Waals surface area contributed by atoms with Crippen LogP contribution in [0.4, 0.5) is 4.39 Å². The van der Waals surface area contributed by atoms with E-state index in [1.807, 2.05) is 26.1 Å². The number of hydrogen-bond acceptors (Lipinski definition) is 4. The number of halogens is 1. The van der Waals surface area contributed by atoms with Crippen molar-refractivity contribution in [1.82, 2.24) is 5.32 Å². The Kier molecular flexibility index (Phi) is 13.7. The van der Waals surface area contributed by atoms with E-state index < -0.39 is 11.6 Å². The summed E-state index contributed by atoms with van der Waals surface area (Å²) in [6.07, 6.45) is 4.45. The molecule has 27 heavy (non-hydrogen) atoms. The van der Waals surface area contributed by atoms with Crippen LogP contribution in [0.3, 0.4) is 0 Å². The zero-order valence-electron chi connectivity index (χ0n) is 17.1. The van der Waals surface area contributed by atoms with Crippen LogP contribution >= 0.6 is 0 Å². The molecule has 1 heterocycles. The minimum absolute atomic E-state index is 0.00231. The molecule has 0 spiro atoms. The van der Waals surface area contributed by atoms with Gasteiger partial charge in [-0.3, -0.25) is 24.5 Å². The number of carbonyl (C=O) groups is 4. The third-order valence-electron chi connectivity index (χ3n) is 3.68. The average molecular weight is 381 g/mol. The number of alkyl halides is 1. The molecule has 5 nitrogen and oxygen atoms in total. The van der Waals surface area contributed by atoms with E-state index in [9.17, 15) is 23.6 Å². The lowest BCUT2D eigenvalue weighted by atomic mass is 9.97. The Bertz CT molecular complexity index is 603. The number of imide groups is 1. The second-order valence-corrected chi connectivity index (χ2v) is 6.03. The van der Waals surface area contributed by atoms with Crippen molar-refractivity contribution >= 4 is 23.9 Å². The summed E-state index contributed by atoms with van der Waals surface area (Å²) in [6, 6.07) is 0. The van der Waals surface area contributed by atoms with Gasteiger partial charge in [0.1, 0.15) is 0 Å². The molecule has 1 unspecified atom stereocenters. The third kappa shape index (κ3) is 9.78. The number of rotatable bonds is 7. The standard InChI is InChI=1S/C13H18O2.C6H8FNO2.C2H6/c1-5-7-8-13(15)11(6-2)12(9-14)10(3)4;1-6(7)3-2-4(9)8-5(6)10;1-2/h6,9H,2-3,5,7-8H2,1,4H3;2-3H2,1H3,(H,8,9,10);1-2H3/b12-11+;;. The van der Waals surface area contributed by atoms with Gasteiger partial charge in [-0.15, -0.1) is 0 Å². The second kappa shape index (κ2) is 13.8. The van der Waals surface area contributed by atoms with Crippen molar-refractivity contribution in [3.8, 4) is 0 Å². The van der Waals surface area contributed by atoms with Gasteiger partial charge in [-0.05, 0) is 32.3 Å². The molecule has 1 saturated heterocycles. The van der Waals surface area contributed by atoms with Crippen molar-refractivity contribution in [2.45, 2.75) is 72.4 Å². The van der Waals surface area contributed by atoms with E-state index in [0.717, 1.165) is 12.8 Å². The summed E-state index contributed by atoms with van der Waals surface area (Å²) in [5.74, 6) is -1.24. The molecule has 0 aromatic heterocycles. The van der Waals surface area contributed by atoms with Crippen LogP contribution in [0.25, 0.3) is 0 Å². The minimum Gasteiger partial charge on any atom is -0.298 e. The first-order chi connectivity index (χ1) is 12.6. The number of unbranched alkanes of at least 4 members (excludes halogenated alkanes) is 1. The highest BCUT2D eigenvalue weighted by Crippen LogP contribution is 2.21. The summed E-state index contributed by atoms with van der Waals surface area (Å²) < 4.78 is 12.9. The molecule has 0 aromatic rings. The minimum atomic E-state index is -1.85. The molecule has 0 bridgehead atoms. The molecule has 0 saturated carbocycles. The summed E-state index contributed by atoms with van der Waals surface area (Å²) in [5.41, 5.74) is -0.490. The van der Waals surface area contributed by atoms with Gasteiger partial charge in [-0.2, -0.15) is 0 Å². The Hall–Kier alpha value is -2.37. The van der Waals surface area contributed by atoms with Gasteiger partial charge < -0.3 is 0 Å². The van der Waals surface area contributed by atoms with E-state index in [-0.39, 0.29) is 24.5 Å². The van der Waals surface area contributed by atoms with Gasteiger partial charge in [0.05, 0.1) is 0 Å². The smallest absolute Gasteiger partial charge is 0.263 e. The lowest BCUT2D eigenvalue weighted by Gasteiger charge is -2.22. The van der Waals surface area contributed by atoms with Crippen LogP contribution < -0.4 is 5.32 Å². The van der Waals surface area contributed by atoms with Crippen LogP contribution in [0.5, 0.6) is 0 Å². The van der Waals surface area contributed by atoms with Crippen LogP contribution in [0.2, 0.25) is 0 Å². The molecular formula is C21H32FNO4. The van der Waals surface area contributed by atoms with E-state index in [1.54, 1.807) is 6.92 Å². The number of nitrogens with one attached hydrogen (secondary N) is 1. The molecule has 1 aliphatic rings. The maximum Gasteiger partial charge on any atom is 0.263 e. The number of piperidine rings is 1. The van der Waals surface area contributed by atoms with E-state index >= 15 is 0 Å². The quantitative estimate of drug-likeness (QED) is 0.310. The summed E-state index contributed by atoms with van der Waals surface area (Å²) in [4.78, 5) is 43.6. The lowest BCUT2D eigenvalue weighted by Crippen LogP contribution is -2.48. The average Bonchev–Trinajstić information content (AvgIpc) is 2.63. The molecule has 6 heteroatoms. The Morgan fingerprint density at radius 3 is 2.19 bits per heavy atom. The maximum absolute atomic E-state index is 12.9. The van der Waals surface area contributed by atoms with Gasteiger partial charge in [0.25, 0.3) is 5.91 Å². The molecule has 0 radical (unpaired) electrons. The largest absolute Gasteiger partial charge is 0.298 e. The van der Waals surface area contributed by atoms with Gasteiger partial charge in [0, 0.05) is 24.0 Å². The van der Waals surface area contributed by atoms with Crippen LogP contribution in [0.15, 0.2) is 36.0 Å². The Balaban J connectivity index is 0. The molecule has 0 aliphatic carbocycles. The predicted molar refractivity (Wildman–Crippen MR) is 106 cm³/mol. The Morgan fingerprint density at radius 1 is 1.30 bits per heavy atom. The van der Waals surface area contributed by atoms with E-state index in [2.05, 4.69) is 13.2 Å². The van der Waals surface area contributed by atoms with E-state index in [0.29, 0.717) is 29.4 Å². The van der Waals surface area contributed by atoms with Gasteiger partial charge >= 0.3 is 0 Å². The fourth-order valence-corrected chi connectivity index (χ4v) is 2.02. The maximum atomic E-state index is 12.9. The van der Waals surface area contributed by atoms with Crippen molar-refractivity contribution < 1.29 is 23.6 Å². The monoisotopic (exact) mass is 381 g/mol. The molecule has 1 N–H and O–H groups in total. The molecule has 1 fully saturated rings. The zero-order chi connectivity index (χ0) is 21.6. The second-order valence-electron chi connectivity index (χ2n) is 6.03. The predicted octanol–water partition coefficient (Wildman–Crippen LogP) is 4.18. The zero-order valence-corrected chi connectivity index (χ0v) is 17.1. The first-order valence-electron chi connectivity index (χ1n) is 9.14. The lowest BCUT2D eigenvalue weighted by molar-refractivity contribution is -0.142. The Labute approximate surface area is 161 Å². The van der Waals surface area contributed by atoms with Gasteiger partial charge in [0.15, 0.2) is 17.7 Å². The third-order valence-corrected chi connectivity index (χ3v) is 3.68. The summed E-state index contributed by atoms with van der Waals surface area (Å²) in [6.45, 7) is 16.1. The number of Topliss-reactive ketones (excluding diaryl/α,β-unsaturated/α-hetero) is 1. The highest BCUT2D eigenvalue weighted by molar-refractivity contribution is 6.04. The van der Waals surface area contributed by atoms with Gasteiger partial charge in [-0.25, -0.2) is 4.39 Å². The fourth-order valence-electron chi connectivity index (χ4n) is 2.02. The van der Waals surface area contributed by atoms with E-state index in [1.165, 1.54) is 13.0 Å². The van der Waals surface area contributed by atoms with Crippen molar-refractivity contribution in [3.63, 3.8) is 0 Å². The number of ketones is 1. The molecule has 152 valence electrons. The van der Waals surface area contributed by atoms with Crippen molar-refractivity contribution in [3.05, 3.63) is 36.0 Å². The number of amides is 2. The topological polar surface area (TPSA) is 80.3 Å². The molecule has 1 rings (SSSR count). The van der Waals surface area contributed by atoms with Crippen molar-refractivity contribution in [2.24, 2.45) is 0 Å². The molecule has 1 atom stereocenters. The number of carbonyl (C=O) groups excluding carboxylic acids is 4. The van der Waals surface area contributed by atoms with Crippen molar-refractivity contribution in [2.75, 3.05) is 0 Å². The van der Waals surface area contributed by atoms with Crippen LogP contribution in [-0.4, -0.2) is 29.6 Å². The molecule has 0 aromatic carbocycles. The summed E-state index contributed by atoms with van der Waals surface area (Å²) >= 11 is 0. The highest BCUT2D eigenvalue weighted by atomic mass is 19.1. The molecule has 2 amide bonds.